The first-order chi connectivity index (χ1) is 6.34. The fraction of sp³-hybridized carbons (Fsp3) is 0.417. The van der Waals surface area contributed by atoms with Crippen molar-refractivity contribution >= 4 is 5.97 Å². The molecule has 0 atom stereocenters. The van der Waals surface area contributed by atoms with E-state index in [1.165, 1.54) is 0 Å². The van der Waals surface area contributed by atoms with Crippen molar-refractivity contribution in [2.24, 2.45) is 0 Å². The van der Waals surface area contributed by atoms with Crippen molar-refractivity contribution in [1.82, 2.24) is 0 Å². The normalized spacial score (nSPS) is 8.93. The van der Waals surface area contributed by atoms with Gasteiger partial charge in [-0.05, 0) is 18.6 Å². The summed E-state index contributed by atoms with van der Waals surface area (Å²) in [5, 5.41) is 0. The average molecular weight is 194 g/mol. The van der Waals surface area contributed by atoms with E-state index < -0.39 is 0 Å². The Labute approximate surface area is 85.9 Å². The highest BCUT2D eigenvalue weighted by atomic mass is 16.5. The quantitative estimate of drug-likeness (QED) is 0.543. The van der Waals surface area contributed by atoms with E-state index >= 15 is 0 Å². The Bertz CT molecular complexity index is 254. The summed E-state index contributed by atoms with van der Waals surface area (Å²) in [5.74, 6) is -0.228. The smallest absolute Gasteiger partial charge is 0.338 e. The molecule has 0 bridgehead atoms. The molecule has 0 radical (unpaired) electrons. The summed E-state index contributed by atoms with van der Waals surface area (Å²) in [7, 11) is 0. The summed E-state index contributed by atoms with van der Waals surface area (Å²) < 4.78 is 5.03. The molecule has 0 unspecified atom stereocenters. The fourth-order valence-corrected chi connectivity index (χ4v) is 0.967. The van der Waals surface area contributed by atoms with E-state index in [-0.39, 0.29) is 13.4 Å². The maximum absolute atomic E-state index is 11.3. The van der Waals surface area contributed by atoms with Gasteiger partial charge >= 0.3 is 5.97 Å². The van der Waals surface area contributed by atoms with Crippen LogP contribution in [-0.2, 0) is 4.74 Å². The molecular weight excluding hydrogens is 176 g/mol. The molecule has 14 heavy (non-hydrogen) atoms. The number of carbonyl (C=O) groups is 1. The second-order valence-electron chi connectivity index (χ2n) is 2.86. The summed E-state index contributed by atoms with van der Waals surface area (Å²) in [6, 6.07) is 9.05. The molecule has 0 amide bonds. The van der Waals surface area contributed by atoms with Crippen LogP contribution in [0.5, 0.6) is 0 Å². The summed E-state index contributed by atoms with van der Waals surface area (Å²) in [6.07, 6.45) is 1.97. The highest BCUT2D eigenvalue weighted by molar-refractivity contribution is 5.89. The number of carbonyl (C=O) groups excluding carboxylic acids is 1. The van der Waals surface area contributed by atoms with Crippen LogP contribution in [0.1, 0.15) is 37.6 Å². The maximum Gasteiger partial charge on any atom is 0.338 e. The minimum atomic E-state index is -0.228. The van der Waals surface area contributed by atoms with E-state index in [1.807, 2.05) is 18.2 Å². The largest absolute Gasteiger partial charge is 0.462 e. The van der Waals surface area contributed by atoms with Gasteiger partial charge in [0.05, 0.1) is 12.2 Å². The monoisotopic (exact) mass is 194 g/mol. The van der Waals surface area contributed by atoms with Crippen LogP contribution >= 0.6 is 0 Å². The molecule has 0 heterocycles. The Balaban J connectivity index is 0.00000169. The Kier molecular flexibility index (Phi) is 6.46. The molecule has 0 aromatic heterocycles. The lowest BCUT2D eigenvalue weighted by Crippen LogP contribution is -2.05. The van der Waals surface area contributed by atoms with Gasteiger partial charge in [-0.3, -0.25) is 0 Å². The minimum absolute atomic E-state index is 0. The summed E-state index contributed by atoms with van der Waals surface area (Å²) in [4.78, 5) is 11.3. The van der Waals surface area contributed by atoms with Gasteiger partial charge < -0.3 is 4.74 Å². The SMILES string of the molecule is C.CCCCOC(=O)c1ccccc1. The molecule has 2 nitrogen and oxygen atoms in total. The minimum Gasteiger partial charge on any atom is -0.462 e. The highest BCUT2D eigenvalue weighted by Crippen LogP contribution is 2.01. The van der Waals surface area contributed by atoms with Gasteiger partial charge in [0.15, 0.2) is 0 Å². The summed E-state index contributed by atoms with van der Waals surface area (Å²) >= 11 is 0. The van der Waals surface area contributed by atoms with Crippen molar-refractivity contribution in [2.75, 3.05) is 6.61 Å². The van der Waals surface area contributed by atoms with Gasteiger partial charge in [0, 0.05) is 0 Å². The molecule has 0 fully saturated rings. The third-order valence-electron chi connectivity index (χ3n) is 1.74. The topological polar surface area (TPSA) is 26.3 Å². The molecule has 0 saturated carbocycles. The van der Waals surface area contributed by atoms with E-state index in [9.17, 15) is 4.79 Å². The van der Waals surface area contributed by atoms with Gasteiger partial charge in [0.2, 0.25) is 0 Å². The second kappa shape index (κ2) is 7.13. The van der Waals surface area contributed by atoms with Gasteiger partial charge in [-0.1, -0.05) is 39.0 Å². The molecule has 2 heteroatoms. The van der Waals surface area contributed by atoms with Crippen molar-refractivity contribution in [3.8, 4) is 0 Å². The molecular formula is C12H18O2. The van der Waals surface area contributed by atoms with Crippen LogP contribution in [0, 0.1) is 0 Å². The molecule has 0 saturated heterocycles. The molecule has 0 aliphatic carbocycles. The lowest BCUT2D eigenvalue weighted by atomic mass is 10.2. The molecule has 0 aliphatic heterocycles. The number of rotatable bonds is 4. The van der Waals surface area contributed by atoms with Crippen molar-refractivity contribution < 1.29 is 9.53 Å². The van der Waals surface area contributed by atoms with Crippen LogP contribution in [0.2, 0.25) is 0 Å². The Morgan fingerprint density at radius 3 is 2.50 bits per heavy atom. The average Bonchev–Trinajstić information content (AvgIpc) is 2.19. The summed E-state index contributed by atoms with van der Waals surface area (Å²) in [6.45, 7) is 2.58. The van der Waals surface area contributed by atoms with Crippen LogP contribution in [0.4, 0.5) is 0 Å². The van der Waals surface area contributed by atoms with E-state index in [0.717, 1.165) is 12.8 Å². The van der Waals surface area contributed by atoms with Crippen LogP contribution in [0.3, 0.4) is 0 Å². The van der Waals surface area contributed by atoms with Gasteiger partial charge in [-0.25, -0.2) is 4.79 Å². The Morgan fingerprint density at radius 2 is 1.93 bits per heavy atom. The van der Waals surface area contributed by atoms with Crippen LogP contribution in [0.25, 0.3) is 0 Å². The van der Waals surface area contributed by atoms with Crippen LogP contribution in [0.15, 0.2) is 30.3 Å². The molecule has 1 aromatic carbocycles. The third-order valence-corrected chi connectivity index (χ3v) is 1.74. The molecule has 78 valence electrons. The van der Waals surface area contributed by atoms with Crippen LogP contribution in [-0.4, -0.2) is 12.6 Å². The third kappa shape index (κ3) is 4.08. The number of ether oxygens (including phenoxy) is 1. The molecule has 1 rings (SSSR count). The van der Waals surface area contributed by atoms with Crippen molar-refractivity contribution in [3.63, 3.8) is 0 Å². The lowest BCUT2D eigenvalue weighted by Gasteiger charge is -2.02. The summed E-state index contributed by atoms with van der Waals surface area (Å²) in [5.41, 5.74) is 0.624. The zero-order valence-corrected chi connectivity index (χ0v) is 7.82. The van der Waals surface area contributed by atoms with Crippen molar-refractivity contribution in [3.05, 3.63) is 35.9 Å². The van der Waals surface area contributed by atoms with E-state index in [0.29, 0.717) is 12.2 Å². The van der Waals surface area contributed by atoms with Gasteiger partial charge in [-0.2, -0.15) is 0 Å². The fourth-order valence-electron chi connectivity index (χ4n) is 0.967. The van der Waals surface area contributed by atoms with Crippen molar-refractivity contribution in [1.29, 1.82) is 0 Å². The lowest BCUT2D eigenvalue weighted by molar-refractivity contribution is 0.0500. The molecule has 1 aromatic rings. The van der Waals surface area contributed by atoms with E-state index in [2.05, 4.69) is 6.92 Å². The first-order valence-electron chi connectivity index (χ1n) is 4.56. The number of unbranched alkanes of at least 4 members (excludes halogenated alkanes) is 1. The molecule has 0 spiro atoms. The standard InChI is InChI=1S/C11H14O2.CH4/c1-2-3-9-13-11(12)10-7-5-4-6-8-10;/h4-8H,2-3,9H2,1H3;1H4. The number of hydrogen-bond acceptors (Lipinski definition) is 2. The maximum atomic E-state index is 11.3. The first kappa shape index (κ1) is 12.7. The van der Waals surface area contributed by atoms with E-state index in [4.69, 9.17) is 4.74 Å². The zero-order valence-electron chi connectivity index (χ0n) is 7.82. The predicted molar refractivity (Wildman–Crippen MR) is 58.4 cm³/mol. The number of esters is 1. The van der Waals surface area contributed by atoms with Gasteiger partial charge in [-0.15, -0.1) is 0 Å². The first-order valence-corrected chi connectivity index (χ1v) is 4.56. The molecule has 0 N–H and O–H groups in total. The predicted octanol–water partition coefficient (Wildman–Crippen LogP) is 3.28. The zero-order chi connectivity index (χ0) is 9.52. The Morgan fingerprint density at radius 1 is 1.29 bits per heavy atom. The van der Waals surface area contributed by atoms with Crippen molar-refractivity contribution in [2.45, 2.75) is 27.2 Å². The second-order valence-corrected chi connectivity index (χ2v) is 2.86. The number of hydrogen-bond donors (Lipinski definition) is 0. The van der Waals surface area contributed by atoms with E-state index in [1.54, 1.807) is 12.1 Å². The van der Waals surface area contributed by atoms with Gasteiger partial charge in [0.1, 0.15) is 0 Å². The molecule has 0 aliphatic rings. The van der Waals surface area contributed by atoms with Gasteiger partial charge in [0.25, 0.3) is 0 Å². The van der Waals surface area contributed by atoms with Crippen LogP contribution < -0.4 is 0 Å². The number of benzene rings is 1. The Hall–Kier alpha value is -1.31. The highest BCUT2D eigenvalue weighted by Gasteiger charge is 2.03.